The first-order valence-corrected chi connectivity index (χ1v) is 6.97. The fourth-order valence-corrected chi connectivity index (χ4v) is 2.32. The monoisotopic (exact) mass is 264 g/mol. The molecule has 1 unspecified atom stereocenters. The number of hydrogen-bond donors (Lipinski definition) is 1. The van der Waals surface area contributed by atoms with E-state index < -0.39 is 0 Å². The summed E-state index contributed by atoms with van der Waals surface area (Å²) in [5.41, 5.74) is 0.969. The van der Waals surface area contributed by atoms with Crippen molar-refractivity contribution in [2.75, 3.05) is 32.2 Å². The Morgan fingerprint density at radius 3 is 2.74 bits per heavy atom. The Kier molecular flexibility index (Phi) is 5.10. The Bertz CT molecular complexity index is 378. The van der Waals surface area contributed by atoms with Gasteiger partial charge in [-0.3, -0.25) is 4.98 Å². The third-order valence-electron chi connectivity index (χ3n) is 3.68. The second-order valence-corrected chi connectivity index (χ2v) is 5.16. The van der Waals surface area contributed by atoms with Crippen LogP contribution in [0.1, 0.15) is 25.5 Å². The second-order valence-electron chi connectivity index (χ2n) is 5.16. The summed E-state index contributed by atoms with van der Waals surface area (Å²) in [6, 6.07) is 0.514. The van der Waals surface area contributed by atoms with E-state index in [2.05, 4.69) is 27.1 Å². The Morgan fingerprint density at radius 1 is 1.42 bits per heavy atom. The highest BCUT2D eigenvalue weighted by Crippen LogP contribution is 2.36. The summed E-state index contributed by atoms with van der Waals surface area (Å²) in [6.45, 7) is 4.62. The van der Waals surface area contributed by atoms with Crippen molar-refractivity contribution in [3.8, 4) is 0 Å². The summed E-state index contributed by atoms with van der Waals surface area (Å²) in [5.74, 6) is 1.76. The number of rotatable bonds is 8. The van der Waals surface area contributed by atoms with Gasteiger partial charge in [0.05, 0.1) is 24.7 Å². The maximum atomic E-state index is 5.21. The fourth-order valence-electron chi connectivity index (χ4n) is 2.32. The van der Waals surface area contributed by atoms with Crippen LogP contribution in [-0.2, 0) is 11.3 Å². The number of nitrogens with one attached hydrogen (secondary N) is 1. The third-order valence-corrected chi connectivity index (χ3v) is 3.68. The number of ether oxygens (including phenoxy) is 1. The van der Waals surface area contributed by atoms with Crippen LogP contribution in [-0.4, -0.2) is 43.3 Å². The van der Waals surface area contributed by atoms with Crippen LogP contribution in [0.15, 0.2) is 12.4 Å². The third kappa shape index (κ3) is 3.88. The lowest BCUT2D eigenvalue weighted by Gasteiger charge is -2.30. The lowest BCUT2D eigenvalue weighted by molar-refractivity contribution is 0.202. The minimum atomic E-state index is 0.514. The largest absolute Gasteiger partial charge is 0.383 e. The van der Waals surface area contributed by atoms with E-state index in [-0.39, 0.29) is 0 Å². The van der Waals surface area contributed by atoms with Gasteiger partial charge in [-0.1, -0.05) is 0 Å². The van der Waals surface area contributed by atoms with E-state index in [4.69, 9.17) is 4.74 Å². The SMILES string of the molecule is CNCc1cnc(N(CCOC)C(C)C2CC2)cn1. The van der Waals surface area contributed by atoms with Crippen LogP contribution in [0.4, 0.5) is 5.82 Å². The molecule has 1 fully saturated rings. The lowest BCUT2D eigenvalue weighted by Crippen LogP contribution is -2.38. The molecule has 1 aliphatic carbocycles. The number of aromatic nitrogens is 2. The molecule has 1 aromatic heterocycles. The van der Waals surface area contributed by atoms with Crippen molar-refractivity contribution in [1.29, 1.82) is 0 Å². The zero-order chi connectivity index (χ0) is 13.7. The molecule has 5 nitrogen and oxygen atoms in total. The van der Waals surface area contributed by atoms with Crippen LogP contribution in [0.3, 0.4) is 0 Å². The van der Waals surface area contributed by atoms with E-state index in [1.54, 1.807) is 7.11 Å². The van der Waals surface area contributed by atoms with Gasteiger partial charge in [0.15, 0.2) is 0 Å². The van der Waals surface area contributed by atoms with E-state index in [9.17, 15) is 0 Å². The standard InChI is InChI=1S/C14H24N4O/c1-11(12-4-5-12)18(6-7-19-3)14-10-16-13(8-15-2)9-17-14/h9-12,15H,4-8H2,1-3H3. The highest BCUT2D eigenvalue weighted by atomic mass is 16.5. The average molecular weight is 264 g/mol. The Hall–Kier alpha value is -1.20. The summed E-state index contributed by atoms with van der Waals surface area (Å²) in [4.78, 5) is 11.3. The van der Waals surface area contributed by atoms with Gasteiger partial charge >= 0.3 is 0 Å². The van der Waals surface area contributed by atoms with Crippen molar-refractivity contribution >= 4 is 5.82 Å². The molecule has 1 heterocycles. The molecule has 2 rings (SSSR count). The molecule has 0 bridgehead atoms. The zero-order valence-electron chi connectivity index (χ0n) is 12.1. The summed E-state index contributed by atoms with van der Waals surface area (Å²) >= 11 is 0. The van der Waals surface area contributed by atoms with Crippen molar-refractivity contribution < 1.29 is 4.74 Å². The van der Waals surface area contributed by atoms with Crippen molar-refractivity contribution in [3.05, 3.63) is 18.1 Å². The van der Waals surface area contributed by atoms with E-state index in [1.807, 2.05) is 19.4 Å². The molecule has 19 heavy (non-hydrogen) atoms. The summed E-state index contributed by atoms with van der Waals surface area (Å²) in [7, 11) is 3.65. The van der Waals surface area contributed by atoms with Crippen LogP contribution < -0.4 is 10.2 Å². The molecule has 0 amide bonds. The zero-order valence-corrected chi connectivity index (χ0v) is 12.1. The van der Waals surface area contributed by atoms with E-state index in [0.29, 0.717) is 6.04 Å². The molecule has 1 aliphatic rings. The number of anilines is 1. The smallest absolute Gasteiger partial charge is 0.147 e. The van der Waals surface area contributed by atoms with Gasteiger partial charge < -0.3 is 15.0 Å². The van der Waals surface area contributed by atoms with Gasteiger partial charge in [0, 0.05) is 26.2 Å². The quantitative estimate of drug-likeness (QED) is 0.770. The number of hydrogen-bond acceptors (Lipinski definition) is 5. The summed E-state index contributed by atoms with van der Waals surface area (Å²) in [5, 5.41) is 3.08. The molecule has 5 heteroatoms. The van der Waals surface area contributed by atoms with Crippen LogP contribution in [0.25, 0.3) is 0 Å². The molecule has 0 aromatic carbocycles. The molecular weight excluding hydrogens is 240 g/mol. The Balaban J connectivity index is 2.07. The van der Waals surface area contributed by atoms with Crippen LogP contribution in [0, 0.1) is 5.92 Å². The van der Waals surface area contributed by atoms with E-state index >= 15 is 0 Å². The minimum absolute atomic E-state index is 0.514. The van der Waals surface area contributed by atoms with E-state index in [1.165, 1.54) is 12.8 Å². The van der Waals surface area contributed by atoms with Gasteiger partial charge in [-0.2, -0.15) is 0 Å². The fraction of sp³-hybridized carbons (Fsp3) is 0.714. The van der Waals surface area contributed by atoms with Gasteiger partial charge in [0.25, 0.3) is 0 Å². The van der Waals surface area contributed by atoms with Crippen LogP contribution in [0.2, 0.25) is 0 Å². The van der Waals surface area contributed by atoms with Crippen LogP contribution in [0.5, 0.6) is 0 Å². The summed E-state index contributed by atoms with van der Waals surface area (Å²) < 4.78 is 5.21. The second kappa shape index (κ2) is 6.82. The first kappa shape index (κ1) is 14.2. The van der Waals surface area contributed by atoms with Gasteiger partial charge in [-0.15, -0.1) is 0 Å². The molecule has 0 spiro atoms. The predicted molar refractivity (Wildman–Crippen MR) is 76.2 cm³/mol. The van der Waals surface area contributed by atoms with Crippen molar-refractivity contribution in [2.45, 2.75) is 32.4 Å². The molecule has 0 radical (unpaired) electrons. The maximum absolute atomic E-state index is 5.21. The molecule has 0 saturated heterocycles. The summed E-state index contributed by atoms with van der Waals surface area (Å²) in [6.07, 6.45) is 6.39. The highest BCUT2D eigenvalue weighted by molar-refractivity contribution is 5.38. The maximum Gasteiger partial charge on any atom is 0.147 e. The van der Waals surface area contributed by atoms with Gasteiger partial charge in [-0.25, -0.2) is 4.98 Å². The normalized spacial score (nSPS) is 16.4. The van der Waals surface area contributed by atoms with Gasteiger partial charge in [-0.05, 0) is 32.7 Å². The molecule has 106 valence electrons. The van der Waals surface area contributed by atoms with Gasteiger partial charge in [0.1, 0.15) is 5.82 Å². The van der Waals surface area contributed by atoms with Crippen molar-refractivity contribution in [1.82, 2.24) is 15.3 Å². The molecule has 1 saturated carbocycles. The van der Waals surface area contributed by atoms with Crippen LogP contribution >= 0.6 is 0 Å². The van der Waals surface area contributed by atoms with Gasteiger partial charge in [0.2, 0.25) is 0 Å². The lowest BCUT2D eigenvalue weighted by atomic mass is 10.2. The van der Waals surface area contributed by atoms with E-state index in [0.717, 1.165) is 37.1 Å². The first-order valence-electron chi connectivity index (χ1n) is 6.97. The average Bonchev–Trinajstić information content (AvgIpc) is 3.25. The molecule has 1 N–H and O–H groups in total. The number of methoxy groups -OCH3 is 1. The Labute approximate surface area is 115 Å². The number of nitrogens with zero attached hydrogens (tertiary/aromatic N) is 3. The predicted octanol–water partition coefficient (Wildman–Crippen LogP) is 1.45. The Morgan fingerprint density at radius 2 is 2.21 bits per heavy atom. The topological polar surface area (TPSA) is 50.3 Å². The molecule has 0 aliphatic heterocycles. The highest BCUT2D eigenvalue weighted by Gasteiger charge is 2.32. The molecule has 1 atom stereocenters. The molecule has 1 aromatic rings. The van der Waals surface area contributed by atoms with Crippen molar-refractivity contribution in [3.63, 3.8) is 0 Å². The van der Waals surface area contributed by atoms with Crippen molar-refractivity contribution in [2.24, 2.45) is 5.92 Å². The first-order chi connectivity index (χ1) is 9.26. The molecular formula is C14H24N4O. The minimum Gasteiger partial charge on any atom is -0.383 e.